The third kappa shape index (κ3) is 6.45. The van der Waals surface area contributed by atoms with Crippen molar-refractivity contribution in [3.05, 3.63) is 76.6 Å². The zero-order valence-corrected chi connectivity index (χ0v) is 21.1. The maximum Gasteiger partial charge on any atom is 0.273 e. The largest absolute Gasteiger partial charge is 0.486 e. The molecule has 1 unspecified atom stereocenters. The number of nitrogens with two attached hydrogens (primary N) is 1. The Labute approximate surface area is 223 Å². The molecule has 2 aromatic heterocycles. The fourth-order valence-electron chi connectivity index (χ4n) is 4.28. The van der Waals surface area contributed by atoms with Crippen LogP contribution in [0.3, 0.4) is 0 Å². The maximum absolute atomic E-state index is 12.9. The summed E-state index contributed by atoms with van der Waals surface area (Å²) in [4.78, 5) is 22.3. The standard InChI is InChI=1S/C27H26ClF2N5O3/c28-22-9-19(23-4-1-18(11-32-23)13-37-16-35-14-27(29,30)15-35)7-20-8-21(38-26(20)22)12-34-25(36)6-3-17-2-5-24(31)33-10-17/h1-7,9-11,21H,8,12-16H2,(H2,31,33)(H,34,36)/b6-3+. The van der Waals surface area contributed by atoms with Crippen LogP contribution in [0.5, 0.6) is 5.75 Å². The van der Waals surface area contributed by atoms with Gasteiger partial charge in [-0.1, -0.05) is 17.7 Å². The number of nitrogens with one attached hydrogen (secondary N) is 1. The van der Waals surface area contributed by atoms with Gasteiger partial charge in [0.2, 0.25) is 5.91 Å². The molecule has 198 valence electrons. The molecule has 2 aliphatic rings. The van der Waals surface area contributed by atoms with Crippen molar-refractivity contribution in [3.8, 4) is 17.0 Å². The van der Waals surface area contributed by atoms with Gasteiger partial charge < -0.3 is 20.5 Å². The molecule has 1 aromatic carbocycles. The van der Waals surface area contributed by atoms with Crippen molar-refractivity contribution >= 4 is 29.4 Å². The van der Waals surface area contributed by atoms with Crippen LogP contribution in [0.25, 0.3) is 17.3 Å². The molecule has 0 radical (unpaired) electrons. The molecule has 2 aliphatic heterocycles. The Kier molecular flexibility index (Phi) is 7.55. The molecule has 1 saturated heterocycles. The molecular formula is C27H26ClF2N5O3. The number of ether oxygens (including phenoxy) is 2. The van der Waals surface area contributed by atoms with E-state index in [-0.39, 0.29) is 38.4 Å². The maximum atomic E-state index is 12.9. The second-order valence-electron chi connectivity index (χ2n) is 9.36. The number of amides is 1. The smallest absolute Gasteiger partial charge is 0.273 e. The number of pyridine rings is 2. The number of benzene rings is 1. The summed E-state index contributed by atoms with van der Waals surface area (Å²) in [6.45, 7) is 0.244. The molecule has 1 amide bonds. The SMILES string of the molecule is Nc1ccc(/C=C/C(=O)NCC2Cc3cc(-c4ccc(COCN5CC(F)(F)C5)cn4)cc(Cl)c3O2)cn1. The molecule has 0 saturated carbocycles. The van der Waals surface area contributed by atoms with Gasteiger partial charge in [0.05, 0.1) is 43.7 Å². The van der Waals surface area contributed by atoms with Crippen molar-refractivity contribution < 1.29 is 23.0 Å². The first-order valence-corrected chi connectivity index (χ1v) is 12.4. The first kappa shape index (κ1) is 26.0. The molecule has 1 fully saturated rings. The van der Waals surface area contributed by atoms with E-state index in [9.17, 15) is 13.6 Å². The molecule has 0 spiro atoms. The summed E-state index contributed by atoms with van der Waals surface area (Å²) in [5.74, 6) is -1.82. The van der Waals surface area contributed by atoms with Crippen LogP contribution >= 0.6 is 11.6 Å². The lowest BCUT2D eigenvalue weighted by molar-refractivity contribution is -0.164. The fourth-order valence-corrected chi connectivity index (χ4v) is 4.57. The predicted molar refractivity (Wildman–Crippen MR) is 140 cm³/mol. The quantitative estimate of drug-likeness (QED) is 0.396. The molecule has 3 N–H and O–H groups in total. The van der Waals surface area contributed by atoms with Gasteiger partial charge in [0.25, 0.3) is 5.92 Å². The van der Waals surface area contributed by atoms with E-state index in [2.05, 4.69) is 15.3 Å². The molecule has 1 atom stereocenters. The molecule has 5 rings (SSSR count). The first-order chi connectivity index (χ1) is 18.2. The summed E-state index contributed by atoms with van der Waals surface area (Å²) in [6.07, 6.45) is 6.73. The highest BCUT2D eigenvalue weighted by Crippen LogP contribution is 2.39. The zero-order chi connectivity index (χ0) is 26.7. The van der Waals surface area contributed by atoms with Gasteiger partial charge in [0.1, 0.15) is 17.7 Å². The molecular weight excluding hydrogens is 516 g/mol. The van der Waals surface area contributed by atoms with Gasteiger partial charge in [-0.05, 0) is 47.5 Å². The number of halogens is 3. The number of rotatable bonds is 9. The van der Waals surface area contributed by atoms with Gasteiger partial charge in [0, 0.05) is 36.0 Å². The van der Waals surface area contributed by atoms with Crippen molar-refractivity contribution in [2.45, 2.75) is 25.1 Å². The second-order valence-corrected chi connectivity index (χ2v) is 9.76. The number of nitrogens with zero attached hydrogens (tertiary/aromatic N) is 3. The highest BCUT2D eigenvalue weighted by atomic mass is 35.5. The number of anilines is 1. The van der Waals surface area contributed by atoms with E-state index in [4.69, 9.17) is 26.8 Å². The molecule has 38 heavy (non-hydrogen) atoms. The van der Waals surface area contributed by atoms with Crippen molar-refractivity contribution in [2.75, 3.05) is 32.1 Å². The first-order valence-electron chi connectivity index (χ1n) is 12.0. The highest BCUT2D eigenvalue weighted by molar-refractivity contribution is 6.32. The zero-order valence-electron chi connectivity index (χ0n) is 20.4. The summed E-state index contributed by atoms with van der Waals surface area (Å²) in [7, 11) is 0. The van der Waals surface area contributed by atoms with Crippen LogP contribution in [0, 0.1) is 0 Å². The van der Waals surface area contributed by atoms with Crippen molar-refractivity contribution in [1.82, 2.24) is 20.2 Å². The Morgan fingerprint density at radius 3 is 2.79 bits per heavy atom. The van der Waals surface area contributed by atoms with E-state index in [1.165, 1.54) is 6.08 Å². The minimum absolute atomic E-state index is 0.162. The van der Waals surface area contributed by atoms with Crippen molar-refractivity contribution in [2.24, 2.45) is 0 Å². The molecule has 3 aromatic rings. The van der Waals surface area contributed by atoms with Gasteiger partial charge in [-0.3, -0.25) is 14.7 Å². The lowest BCUT2D eigenvalue weighted by atomic mass is 10.0. The van der Waals surface area contributed by atoms with E-state index < -0.39 is 5.92 Å². The summed E-state index contributed by atoms with van der Waals surface area (Å²) in [5, 5.41) is 3.32. The van der Waals surface area contributed by atoms with Crippen LogP contribution in [-0.2, 0) is 22.6 Å². The topological polar surface area (TPSA) is 103 Å². The van der Waals surface area contributed by atoms with Crippen molar-refractivity contribution in [1.29, 1.82) is 0 Å². The molecule has 4 heterocycles. The van der Waals surface area contributed by atoms with E-state index >= 15 is 0 Å². The lowest BCUT2D eigenvalue weighted by Crippen LogP contribution is -2.56. The van der Waals surface area contributed by atoms with E-state index in [0.29, 0.717) is 29.6 Å². The third-order valence-electron chi connectivity index (χ3n) is 6.17. The summed E-state index contributed by atoms with van der Waals surface area (Å²) in [5.41, 5.74) is 9.70. The Morgan fingerprint density at radius 1 is 1.24 bits per heavy atom. The summed E-state index contributed by atoms with van der Waals surface area (Å²) in [6, 6.07) is 11.0. The average Bonchev–Trinajstić information content (AvgIpc) is 3.30. The van der Waals surface area contributed by atoms with Crippen LogP contribution < -0.4 is 15.8 Å². The number of fused-ring (bicyclic) bond motifs is 1. The minimum Gasteiger partial charge on any atom is -0.486 e. The number of aromatic nitrogens is 2. The summed E-state index contributed by atoms with van der Waals surface area (Å²) < 4.78 is 37.3. The van der Waals surface area contributed by atoms with Crippen LogP contribution in [-0.4, -0.2) is 59.2 Å². The van der Waals surface area contributed by atoms with Gasteiger partial charge in [-0.15, -0.1) is 0 Å². The number of carbonyl (C=O) groups is 1. The third-order valence-corrected chi connectivity index (χ3v) is 6.45. The van der Waals surface area contributed by atoms with Gasteiger partial charge in [-0.25, -0.2) is 13.8 Å². The second kappa shape index (κ2) is 11.0. The lowest BCUT2D eigenvalue weighted by Gasteiger charge is -2.38. The number of alkyl halides is 2. The molecule has 0 aliphatic carbocycles. The fraction of sp³-hybridized carbons (Fsp3) is 0.296. The van der Waals surface area contributed by atoms with Crippen LogP contribution in [0.15, 0.2) is 54.9 Å². The molecule has 8 nitrogen and oxygen atoms in total. The Balaban J connectivity index is 1.12. The highest BCUT2D eigenvalue weighted by Gasteiger charge is 2.43. The van der Waals surface area contributed by atoms with Crippen LogP contribution in [0.2, 0.25) is 5.02 Å². The van der Waals surface area contributed by atoms with Gasteiger partial charge in [-0.2, -0.15) is 0 Å². The van der Waals surface area contributed by atoms with Gasteiger partial charge >= 0.3 is 0 Å². The number of hydrogen-bond donors (Lipinski definition) is 2. The predicted octanol–water partition coefficient (Wildman–Crippen LogP) is 3.94. The molecule has 0 bridgehead atoms. The van der Waals surface area contributed by atoms with Gasteiger partial charge in [0.15, 0.2) is 0 Å². The monoisotopic (exact) mass is 541 g/mol. The number of likely N-dealkylation sites (tertiary alicyclic amines) is 1. The van der Waals surface area contributed by atoms with Crippen LogP contribution in [0.1, 0.15) is 16.7 Å². The number of nitrogen functional groups attached to an aromatic ring is 1. The normalized spacial score (nSPS) is 18.1. The van der Waals surface area contributed by atoms with E-state index in [1.807, 2.05) is 18.2 Å². The average molecular weight is 542 g/mol. The molecule has 11 heteroatoms. The number of carbonyl (C=O) groups excluding carboxylic acids is 1. The van der Waals surface area contributed by atoms with E-state index in [0.717, 1.165) is 27.9 Å². The summed E-state index contributed by atoms with van der Waals surface area (Å²) >= 11 is 6.51. The Morgan fingerprint density at radius 2 is 2.08 bits per heavy atom. The minimum atomic E-state index is -2.60. The van der Waals surface area contributed by atoms with Crippen molar-refractivity contribution in [3.63, 3.8) is 0 Å². The van der Waals surface area contributed by atoms with E-state index in [1.54, 1.807) is 41.6 Å². The Bertz CT molecular complexity index is 1330. The van der Waals surface area contributed by atoms with Crippen LogP contribution in [0.4, 0.5) is 14.6 Å². The Hall–Kier alpha value is -3.60. The number of hydrogen-bond acceptors (Lipinski definition) is 7.